The van der Waals surface area contributed by atoms with Gasteiger partial charge in [0.15, 0.2) is 0 Å². The number of hydrogen-bond donors (Lipinski definition) is 1. The summed E-state index contributed by atoms with van der Waals surface area (Å²) in [5, 5.41) is 17.8. The van der Waals surface area contributed by atoms with E-state index in [-0.39, 0.29) is 6.61 Å². The molecule has 0 amide bonds. The second kappa shape index (κ2) is 6.07. The monoisotopic (exact) mass is 298 g/mol. The van der Waals surface area contributed by atoms with Crippen molar-refractivity contribution in [1.82, 2.24) is 20.0 Å². The fraction of sp³-hybridized carbons (Fsp3) is 0.133. The van der Waals surface area contributed by atoms with Crippen molar-refractivity contribution in [3.63, 3.8) is 0 Å². The maximum atomic E-state index is 9.50. The Hall–Kier alpha value is -2.18. The van der Waals surface area contributed by atoms with Crippen molar-refractivity contribution in [2.45, 2.75) is 11.5 Å². The lowest BCUT2D eigenvalue weighted by molar-refractivity contribution is 0.277. The van der Waals surface area contributed by atoms with Gasteiger partial charge in [0, 0.05) is 22.9 Å². The molecule has 3 aromatic rings. The number of benzene rings is 1. The van der Waals surface area contributed by atoms with Crippen molar-refractivity contribution in [2.75, 3.05) is 6.26 Å². The van der Waals surface area contributed by atoms with Crippen LogP contribution in [0.2, 0.25) is 0 Å². The molecule has 0 bridgehead atoms. The molecule has 1 aromatic carbocycles. The van der Waals surface area contributed by atoms with E-state index in [1.165, 1.54) is 0 Å². The quantitative estimate of drug-likeness (QED) is 0.750. The molecule has 0 saturated heterocycles. The third kappa shape index (κ3) is 2.68. The molecule has 0 saturated carbocycles. The van der Waals surface area contributed by atoms with Gasteiger partial charge < -0.3 is 5.11 Å². The van der Waals surface area contributed by atoms with Crippen LogP contribution in [-0.2, 0) is 6.61 Å². The predicted molar refractivity (Wildman–Crippen MR) is 82.3 cm³/mol. The van der Waals surface area contributed by atoms with Crippen LogP contribution in [0.25, 0.3) is 16.9 Å². The van der Waals surface area contributed by atoms with Crippen LogP contribution >= 0.6 is 11.8 Å². The fourth-order valence-electron chi connectivity index (χ4n) is 2.13. The highest BCUT2D eigenvalue weighted by molar-refractivity contribution is 7.98. The van der Waals surface area contributed by atoms with Crippen LogP contribution in [-0.4, -0.2) is 31.3 Å². The lowest BCUT2D eigenvalue weighted by Crippen LogP contribution is -2.00. The van der Waals surface area contributed by atoms with Crippen LogP contribution in [0.5, 0.6) is 0 Å². The van der Waals surface area contributed by atoms with Gasteiger partial charge in [-0.3, -0.25) is 4.98 Å². The van der Waals surface area contributed by atoms with Gasteiger partial charge in [-0.25, -0.2) is 4.68 Å². The van der Waals surface area contributed by atoms with Gasteiger partial charge in [-0.15, -0.1) is 16.9 Å². The van der Waals surface area contributed by atoms with Gasteiger partial charge in [0.1, 0.15) is 11.4 Å². The van der Waals surface area contributed by atoms with Gasteiger partial charge in [0.2, 0.25) is 0 Å². The van der Waals surface area contributed by atoms with E-state index in [2.05, 4.69) is 15.3 Å². The van der Waals surface area contributed by atoms with Crippen LogP contribution in [0.4, 0.5) is 0 Å². The predicted octanol–water partition coefficient (Wildman–Crippen LogP) is 2.54. The van der Waals surface area contributed by atoms with Crippen molar-refractivity contribution in [2.24, 2.45) is 0 Å². The summed E-state index contributed by atoms with van der Waals surface area (Å²) in [4.78, 5) is 5.27. The first-order valence-corrected chi connectivity index (χ1v) is 7.66. The molecule has 0 aliphatic heterocycles. The Morgan fingerprint density at radius 3 is 2.86 bits per heavy atom. The first-order valence-electron chi connectivity index (χ1n) is 6.43. The number of thioether (sulfide) groups is 1. The molecule has 0 atom stereocenters. The molecular weight excluding hydrogens is 284 g/mol. The van der Waals surface area contributed by atoms with Crippen molar-refractivity contribution >= 4 is 11.8 Å². The Morgan fingerprint density at radius 2 is 2.14 bits per heavy atom. The molecule has 106 valence electrons. The maximum Gasteiger partial charge on any atom is 0.117 e. The Labute approximate surface area is 126 Å². The summed E-state index contributed by atoms with van der Waals surface area (Å²) >= 11 is 1.67. The summed E-state index contributed by atoms with van der Waals surface area (Å²) in [6.45, 7) is -0.160. The summed E-state index contributed by atoms with van der Waals surface area (Å²) in [6, 6.07) is 11.8. The highest BCUT2D eigenvalue weighted by Crippen LogP contribution is 2.26. The molecule has 2 aromatic heterocycles. The van der Waals surface area contributed by atoms with E-state index in [0.717, 1.165) is 21.8 Å². The second-order valence-corrected chi connectivity index (χ2v) is 5.28. The Balaban J connectivity index is 2.17. The van der Waals surface area contributed by atoms with Crippen molar-refractivity contribution < 1.29 is 5.11 Å². The lowest BCUT2D eigenvalue weighted by Gasteiger charge is -2.08. The number of nitrogens with zero attached hydrogens (tertiary/aromatic N) is 4. The lowest BCUT2D eigenvalue weighted by atomic mass is 10.1. The van der Waals surface area contributed by atoms with Crippen LogP contribution in [0.1, 0.15) is 5.69 Å². The summed E-state index contributed by atoms with van der Waals surface area (Å²) in [5.41, 5.74) is 3.09. The van der Waals surface area contributed by atoms with Crippen LogP contribution < -0.4 is 0 Å². The molecule has 1 N–H and O–H groups in total. The Bertz CT molecular complexity index is 742. The molecule has 21 heavy (non-hydrogen) atoms. The molecule has 0 spiro atoms. The summed E-state index contributed by atoms with van der Waals surface area (Å²) < 4.78 is 1.74. The molecule has 6 heteroatoms. The minimum absolute atomic E-state index is 0.160. The minimum atomic E-state index is -0.160. The van der Waals surface area contributed by atoms with Crippen LogP contribution in [0.3, 0.4) is 0 Å². The van der Waals surface area contributed by atoms with E-state index in [0.29, 0.717) is 5.69 Å². The smallest absolute Gasteiger partial charge is 0.117 e. The number of rotatable bonds is 4. The first-order chi connectivity index (χ1) is 10.3. The standard InChI is InChI=1S/C15H14N4OS/c1-21-13-6-2-5-12(8-13)19-15(14(10-20)17-18-19)11-4-3-7-16-9-11/h2-9,20H,10H2,1H3. The molecule has 0 fully saturated rings. The van der Waals surface area contributed by atoms with Gasteiger partial charge in [-0.2, -0.15) is 0 Å². The summed E-state index contributed by atoms with van der Waals surface area (Å²) in [6.07, 6.45) is 5.49. The van der Waals surface area contributed by atoms with Crippen molar-refractivity contribution in [3.8, 4) is 16.9 Å². The number of aliphatic hydroxyl groups is 1. The fourth-order valence-corrected chi connectivity index (χ4v) is 2.59. The van der Waals surface area contributed by atoms with Crippen LogP contribution in [0.15, 0.2) is 53.7 Å². The molecule has 0 radical (unpaired) electrons. The van der Waals surface area contributed by atoms with E-state index in [1.807, 2.05) is 42.7 Å². The minimum Gasteiger partial charge on any atom is -0.390 e. The van der Waals surface area contributed by atoms with Gasteiger partial charge in [0.05, 0.1) is 12.3 Å². The van der Waals surface area contributed by atoms with Gasteiger partial charge in [-0.05, 0) is 36.6 Å². The zero-order valence-electron chi connectivity index (χ0n) is 11.5. The van der Waals surface area contributed by atoms with E-state index >= 15 is 0 Å². The maximum absolute atomic E-state index is 9.50. The first kappa shape index (κ1) is 13.8. The van der Waals surface area contributed by atoms with E-state index in [9.17, 15) is 5.11 Å². The molecule has 0 unspecified atom stereocenters. The number of hydrogen-bond acceptors (Lipinski definition) is 5. The Kier molecular flexibility index (Phi) is 3.98. The van der Waals surface area contributed by atoms with E-state index in [1.54, 1.807) is 28.8 Å². The van der Waals surface area contributed by atoms with Gasteiger partial charge in [-0.1, -0.05) is 11.3 Å². The van der Waals surface area contributed by atoms with Gasteiger partial charge in [0.25, 0.3) is 0 Å². The molecule has 0 aliphatic carbocycles. The second-order valence-electron chi connectivity index (χ2n) is 4.40. The van der Waals surface area contributed by atoms with E-state index < -0.39 is 0 Å². The average Bonchev–Trinajstić information content (AvgIpc) is 2.99. The summed E-state index contributed by atoms with van der Waals surface area (Å²) in [5.74, 6) is 0. The largest absolute Gasteiger partial charge is 0.390 e. The highest BCUT2D eigenvalue weighted by atomic mass is 32.2. The molecule has 2 heterocycles. The van der Waals surface area contributed by atoms with Crippen LogP contribution in [0, 0.1) is 0 Å². The SMILES string of the molecule is CSc1cccc(-n2nnc(CO)c2-c2cccnc2)c1. The zero-order chi connectivity index (χ0) is 14.7. The Morgan fingerprint density at radius 1 is 1.24 bits per heavy atom. The third-order valence-electron chi connectivity index (χ3n) is 3.12. The zero-order valence-corrected chi connectivity index (χ0v) is 12.3. The average molecular weight is 298 g/mol. The van der Waals surface area contributed by atoms with Crippen molar-refractivity contribution in [3.05, 3.63) is 54.5 Å². The molecular formula is C15H14N4OS. The number of pyridine rings is 1. The topological polar surface area (TPSA) is 63.8 Å². The molecule has 3 rings (SSSR count). The van der Waals surface area contributed by atoms with Crippen molar-refractivity contribution in [1.29, 1.82) is 0 Å². The number of aromatic nitrogens is 4. The molecule has 5 nitrogen and oxygen atoms in total. The normalized spacial score (nSPS) is 10.8. The highest BCUT2D eigenvalue weighted by Gasteiger charge is 2.15. The van der Waals surface area contributed by atoms with Gasteiger partial charge >= 0.3 is 0 Å². The third-order valence-corrected chi connectivity index (χ3v) is 3.85. The molecule has 0 aliphatic rings. The summed E-state index contributed by atoms with van der Waals surface area (Å²) in [7, 11) is 0. The number of aliphatic hydroxyl groups excluding tert-OH is 1. The van der Waals surface area contributed by atoms with E-state index in [4.69, 9.17) is 0 Å².